The summed E-state index contributed by atoms with van der Waals surface area (Å²) in [7, 11) is 0. The number of carbonyl (C=O) groups is 2. The molecule has 0 aliphatic rings. The van der Waals surface area contributed by atoms with Gasteiger partial charge < -0.3 is 9.09 Å². The number of aromatic nitrogens is 4. The summed E-state index contributed by atoms with van der Waals surface area (Å²) in [4.78, 5) is 33.5. The van der Waals surface area contributed by atoms with Gasteiger partial charge in [-0.15, -0.1) is 0 Å². The van der Waals surface area contributed by atoms with Crippen LogP contribution in [0.5, 0.6) is 0 Å². The van der Waals surface area contributed by atoms with Crippen LogP contribution in [0.1, 0.15) is 60.7 Å². The zero-order valence-corrected chi connectivity index (χ0v) is 19.8. The van der Waals surface area contributed by atoms with E-state index in [9.17, 15) is 9.59 Å². The van der Waals surface area contributed by atoms with E-state index >= 15 is 0 Å². The van der Waals surface area contributed by atoms with Crippen LogP contribution in [0.2, 0.25) is 0 Å². The first-order chi connectivity index (χ1) is 16.4. The highest BCUT2D eigenvalue weighted by Gasteiger charge is 2.14. The summed E-state index contributed by atoms with van der Waals surface area (Å²) >= 11 is 0. The lowest BCUT2D eigenvalue weighted by atomic mass is 10.0. The van der Waals surface area contributed by atoms with Crippen molar-refractivity contribution in [3.63, 3.8) is 0 Å². The first-order valence-corrected chi connectivity index (χ1v) is 11.3. The molecule has 0 atom stereocenters. The van der Waals surface area contributed by atoms with Crippen LogP contribution in [-0.2, 0) is 17.8 Å². The standard InChI is InChI=1S/C25H28N6O3/c1-5-31-16(4)26-20-14-19(10-11-21(20)31)25(33)29-28-22(32)12-13-23-27-24(30-34-23)18-8-6-17(7-9-18)15(2)3/h6-11,14-15H,5,12-13H2,1-4H3,(H,28,32)(H,29,33). The van der Waals surface area contributed by atoms with Gasteiger partial charge >= 0.3 is 0 Å². The summed E-state index contributed by atoms with van der Waals surface area (Å²) < 4.78 is 7.34. The summed E-state index contributed by atoms with van der Waals surface area (Å²) in [6.07, 6.45) is 0.353. The second-order valence-electron chi connectivity index (χ2n) is 8.40. The number of nitrogens with one attached hydrogen (secondary N) is 2. The van der Waals surface area contributed by atoms with E-state index in [2.05, 4.69) is 44.4 Å². The van der Waals surface area contributed by atoms with Crippen LogP contribution in [0.4, 0.5) is 0 Å². The van der Waals surface area contributed by atoms with Crippen LogP contribution in [0, 0.1) is 6.92 Å². The van der Waals surface area contributed by atoms with Crippen LogP contribution >= 0.6 is 0 Å². The van der Waals surface area contributed by atoms with Gasteiger partial charge in [0.05, 0.1) is 11.0 Å². The predicted molar refractivity (Wildman–Crippen MR) is 128 cm³/mol. The van der Waals surface area contributed by atoms with E-state index in [1.54, 1.807) is 12.1 Å². The van der Waals surface area contributed by atoms with Crippen molar-refractivity contribution in [2.45, 2.75) is 53.0 Å². The highest BCUT2D eigenvalue weighted by molar-refractivity contribution is 5.98. The SMILES string of the molecule is CCn1c(C)nc2cc(C(=O)NNC(=O)CCc3nc(-c4ccc(C(C)C)cc4)no3)ccc21. The van der Waals surface area contributed by atoms with E-state index in [4.69, 9.17) is 4.52 Å². The van der Waals surface area contributed by atoms with Crippen LogP contribution < -0.4 is 10.9 Å². The zero-order valence-electron chi connectivity index (χ0n) is 19.8. The minimum absolute atomic E-state index is 0.0906. The first kappa shape index (κ1) is 23.2. The molecule has 34 heavy (non-hydrogen) atoms. The lowest BCUT2D eigenvalue weighted by molar-refractivity contribution is -0.121. The van der Waals surface area contributed by atoms with Crippen molar-refractivity contribution in [3.8, 4) is 11.4 Å². The fourth-order valence-corrected chi connectivity index (χ4v) is 3.76. The number of hydrazine groups is 1. The van der Waals surface area contributed by atoms with E-state index in [-0.39, 0.29) is 18.7 Å². The Bertz CT molecular complexity index is 1320. The Kier molecular flexibility index (Phi) is 6.72. The third-order valence-electron chi connectivity index (χ3n) is 5.70. The van der Waals surface area contributed by atoms with E-state index in [1.165, 1.54) is 5.56 Å². The van der Waals surface area contributed by atoms with E-state index in [0.717, 1.165) is 29.0 Å². The quantitative estimate of drug-likeness (QED) is 0.404. The Morgan fingerprint density at radius 3 is 2.53 bits per heavy atom. The van der Waals surface area contributed by atoms with Crippen molar-refractivity contribution in [3.05, 3.63) is 65.3 Å². The fraction of sp³-hybridized carbons (Fsp3) is 0.320. The third kappa shape index (κ3) is 4.98. The van der Waals surface area contributed by atoms with Gasteiger partial charge in [0.15, 0.2) is 0 Å². The van der Waals surface area contributed by atoms with Crippen molar-refractivity contribution in [1.82, 2.24) is 30.5 Å². The number of imidazole rings is 1. The highest BCUT2D eigenvalue weighted by atomic mass is 16.5. The average molecular weight is 461 g/mol. The highest BCUT2D eigenvalue weighted by Crippen LogP contribution is 2.21. The second-order valence-corrected chi connectivity index (χ2v) is 8.40. The number of hydrogen-bond acceptors (Lipinski definition) is 6. The van der Waals surface area contributed by atoms with Crippen molar-refractivity contribution in [2.75, 3.05) is 0 Å². The molecule has 2 heterocycles. The molecule has 0 saturated carbocycles. The van der Waals surface area contributed by atoms with Gasteiger partial charge in [-0.25, -0.2) is 4.98 Å². The Balaban J connectivity index is 1.29. The molecular formula is C25H28N6O3. The van der Waals surface area contributed by atoms with Gasteiger partial charge in [-0.05, 0) is 43.5 Å². The molecule has 0 unspecified atom stereocenters. The Hall–Kier alpha value is -4.01. The number of rotatable bonds is 7. The molecule has 2 aromatic carbocycles. The van der Waals surface area contributed by atoms with Crippen molar-refractivity contribution in [1.29, 1.82) is 0 Å². The lowest BCUT2D eigenvalue weighted by Gasteiger charge is -2.07. The molecular weight excluding hydrogens is 432 g/mol. The van der Waals surface area contributed by atoms with Crippen LogP contribution in [-0.4, -0.2) is 31.5 Å². The molecule has 4 rings (SSSR count). The number of fused-ring (bicyclic) bond motifs is 1. The number of hydrogen-bond donors (Lipinski definition) is 2. The maximum Gasteiger partial charge on any atom is 0.269 e. The number of benzene rings is 2. The van der Waals surface area contributed by atoms with E-state index in [0.29, 0.717) is 23.2 Å². The molecule has 2 N–H and O–H groups in total. The maximum absolute atomic E-state index is 12.5. The predicted octanol–water partition coefficient (Wildman–Crippen LogP) is 3.93. The van der Waals surface area contributed by atoms with Crippen molar-refractivity contribution in [2.24, 2.45) is 0 Å². The molecule has 4 aromatic rings. The van der Waals surface area contributed by atoms with Gasteiger partial charge in [-0.2, -0.15) is 4.98 Å². The number of aryl methyl sites for hydroxylation is 3. The molecule has 0 radical (unpaired) electrons. The van der Waals surface area contributed by atoms with Crippen molar-refractivity contribution < 1.29 is 14.1 Å². The van der Waals surface area contributed by atoms with Gasteiger partial charge in [0.1, 0.15) is 5.82 Å². The molecule has 0 fully saturated rings. The van der Waals surface area contributed by atoms with Crippen LogP contribution in [0.3, 0.4) is 0 Å². The maximum atomic E-state index is 12.5. The Labute approximate surface area is 197 Å². The number of nitrogens with zero attached hydrogens (tertiary/aromatic N) is 4. The molecule has 0 spiro atoms. The monoisotopic (exact) mass is 460 g/mol. The molecule has 9 nitrogen and oxygen atoms in total. The second kappa shape index (κ2) is 9.86. The minimum atomic E-state index is -0.413. The molecule has 2 amide bonds. The fourth-order valence-electron chi connectivity index (χ4n) is 3.76. The third-order valence-corrected chi connectivity index (χ3v) is 5.70. The van der Waals surface area contributed by atoms with Crippen LogP contribution in [0.25, 0.3) is 22.4 Å². The number of amides is 2. The molecule has 0 aliphatic carbocycles. The van der Waals surface area contributed by atoms with Crippen LogP contribution in [0.15, 0.2) is 47.0 Å². The normalized spacial score (nSPS) is 11.2. The number of carbonyl (C=O) groups excluding carboxylic acids is 2. The lowest BCUT2D eigenvalue weighted by Crippen LogP contribution is -2.41. The summed E-state index contributed by atoms with van der Waals surface area (Å²) in [6, 6.07) is 13.3. The molecule has 176 valence electrons. The van der Waals surface area contributed by atoms with Gasteiger partial charge in [0, 0.05) is 30.5 Å². The van der Waals surface area contributed by atoms with Gasteiger partial charge in [0.25, 0.3) is 5.91 Å². The molecule has 2 aromatic heterocycles. The molecule has 0 aliphatic heterocycles. The van der Waals surface area contributed by atoms with Gasteiger partial charge in [-0.1, -0.05) is 43.3 Å². The topological polar surface area (TPSA) is 115 Å². The van der Waals surface area contributed by atoms with Gasteiger partial charge in [0.2, 0.25) is 17.6 Å². The van der Waals surface area contributed by atoms with Crippen molar-refractivity contribution >= 4 is 22.8 Å². The Morgan fingerprint density at radius 1 is 1.06 bits per heavy atom. The molecule has 0 saturated heterocycles. The van der Waals surface area contributed by atoms with E-state index < -0.39 is 5.91 Å². The molecule has 9 heteroatoms. The summed E-state index contributed by atoms with van der Waals surface area (Å²) in [5.41, 5.74) is 9.08. The van der Waals surface area contributed by atoms with E-state index in [1.807, 2.05) is 44.2 Å². The first-order valence-electron chi connectivity index (χ1n) is 11.3. The summed E-state index contributed by atoms with van der Waals surface area (Å²) in [6.45, 7) is 9.05. The zero-order chi connectivity index (χ0) is 24.2. The summed E-state index contributed by atoms with van der Waals surface area (Å²) in [5, 5.41) is 4.00. The smallest absolute Gasteiger partial charge is 0.269 e. The Morgan fingerprint density at radius 2 is 1.82 bits per heavy atom. The average Bonchev–Trinajstić information content (AvgIpc) is 3.44. The largest absolute Gasteiger partial charge is 0.339 e. The summed E-state index contributed by atoms with van der Waals surface area (Å²) in [5.74, 6) is 1.40. The van der Waals surface area contributed by atoms with Gasteiger partial charge in [-0.3, -0.25) is 20.4 Å². The molecule has 0 bridgehead atoms. The minimum Gasteiger partial charge on any atom is -0.339 e.